The Labute approximate surface area is 116 Å². The number of nitrogens with one attached hydrogen (secondary N) is 1. The van der Waals surface area contributed by atoms with Crippen molar-refractivity contribution in [2.24, 2.45) is 0 Å². The first kappa shape index (κ1) is 14.2. The van der Waals surface area contributed by atoms with Crippen LogP contribution in [0.1, 0.15) is 25.7 Å². The monoisotopic (exact) mass is 277 g/mol. The fourth-order valence-corrected chi connectivity index (χ4v) is 1.67. The summed E-state index contributed by atoms with van der Waals surface area (Å²) in [5.41, 5.74) is 0.265. The Morgan fingerprint density at radius 1 is 1.35 bits per heavy atom. The predicted molar refractivity (Wildman–Crippen MR) is 71.3 cm³/mol. The van der Waals surface area contributed by atoms with E-state index in [0.717, 1.165) is 6.42 Å². The number of aryl methyl sites for hydroxylation is 1. The molecular weight excluding hydrogens is 261 g/mol. The lowest BCUT2D eigenvalue weighted by Gasteiger charge is -2.00. The number of hydrogen-bond donors (Lipinski definition) is 1. The fourth-order valence-electron chi connectivity index (χ4n) is 1.67. The molecule has 0 bridgehead atoms. The molecule has 0 saturated carbocycles. The first-order valence-corrected chi connectivity index (χ1v) is 6.54. The number of benzene rings is 1. The first-order chi connectivity index (χ1) is 9.70. The van der Waals surface area contributed by atoms with Gasteiger partial charge in [0.05, 0.1) is 5.56 Å². The van der Waals surface area contributed by atoms with E-state index >= 15 is 0 Å². The highest BCUT2D eigenvalue weighted by Gasteiger charge is 2.13. The van der Waals surface area contributed by atoms with Crippen molar-refractivity contribution in [2.75, 3.05) is 6.54 Å². The maximum atomic E-state index is 13.5. The molecule has 0 aliphatic heterocycles. The van der Waals surface area contributed by atoms with Gasteiger partial charge < -0.3 is 9.73 Å². The molecule has 0 saturated heterocycles. The molecular formula is C14H16FN3O2. The summed E-state index contributed by atoms with van der Waals surface area (Å²) in [6, 6.07) is 6.19. The van der Waals surface area contributed by atoms with E-state index in [4.69, 9.17) is 4.42 Å². The topological polar surface area (TPSA) is 68.0 Å². The normalized spacial score (nSPS) is 10.5. The van der Waals surface area contributed by atoms with Gasteiger partial charge in [-0.1, -0.05) is 19.1 Å². The third-order valence-corrected chi connectivity index (χ3v) is 2.71. The number of aromatic nitrogens is 2. The van der Waals surface area contributed by atoms with E-state index < -0.39 is 5.82 Å². The Kier molecular flexibility index (Phi) is 4.81. The zero-order valence-corrected chi connectivity index (χ0v) is 11.2. The van der Waals surface area contributed by atoms with E-state index in [2.05, 4.69) is 15.5 Å². The zero-order chi connectivity index (χ0) is 14.4. The summed E-state index contributed by atoms with van der Waals surface area (Å²) >= 11 is 0. The van der Waals surface area contributed by atoms with Crippen LogP contribution in [0.15, 0.2) is 28.7 Å². The van der Waals surface area contributed by atoms with Gasteiger partial charge in [0.15, 0.2) is 0 Å². The number of carbonyl (C=O) groups excluding carboxylic acids is 1. The Morgan fingerprint density at radius 2 is 2.15 bits per heavy atom. The van der Waals surface area contributed by atoms with Gasteiger partial charge in [0.1, 0.15) is 5.82 Å². The van der Waals surface area contributed by atoms with Crippen LogP contribution in [0.5, 0.6) is 0 Å². The second-order valence-corrected chi connectivity index (χ2v) is 4.33. The first-order valence-electron chi connectivity index (χ1n) is 6.54. The number of halogens is 1. The van der Waals surface area contributed by atoms with E-state index in [1.54, 1.807) is 18.2 Å². The van der Waals surface area contributed by atoms with Gasteiger partial charge in [-0.2, -0.15) is 0 Å². The molecule has 0 unspecified atom stereocenters. The Morgan fingerprint density at radius 3 is 2.90 bits per heavy atom. The summed E-state index contributed by atoms with van der Waals surface area (Å²) < 4.78 is 18.9. The summed E-state index contributed by atoms with van der Waals surface area (Å²) in [6.45, 7) is 2.64. The van der Waals surface area contributed by atoms with Gasteiger partial charge in [-0.25, -0.2) is 4.39 Å². The molecule has 0 atom stereocenters. The third-order valence-electron chi connectivity index (χ3n) is 2.71. The molecule has 2 rings (SSSR count). The molecule has 1 N–H and O–H groups in total. The average molecular weight is 277 g/mol. The van der Waals surface area contributed by atoms with Crippen molar-refractivity contribution in [1.82, 2.24) is 15.5 Å². The molecule has 106 valence electrons. The highest BCUT2D eigenvalue weighted by atomic mass is 19.1. The molecule has 1 heterocycles. The molecule has 0 aliphatic carbocycles. The summed E-state index contributed by atoms with van der Waals surface area (Å²) in [4.78, 5) is 11.4. The molecule has 1 aromatic heterocycles. The van der Waals surface area contributed by atoms with Crippen molar-refractivity contribution >= 4 is 5.91 Å². The SMILES string of the molecule is CCCNC(=O)CCc1nnc(-c2ccccc2F)o1. The van der Waals surface area contributed by atoms with Gasteiger partial charge in [-0.05, 0) is 18.6 Å². The third kappa shape index (κ3) is 3.63. The summed E-state index contributed by atoms with van der Waals surface area (Å²) in [7, 11) is 0. The van der Waals surface area contributed by atoms with Crippen LogP contribution in [-0.2, 0) is 11.2 Å². The van der Waals surface area contributed by atoms with Crippen molar-refractivity contribution < 1.29 is 13.6 Å². The molecule has 20 heavy (non-hydrogen) atoms. The number of nitrogens with zero attached hydrogens (tertiary/aromatic N) is 2. The minimum Gasteiger partial charge on any atom is -0.421 e. The standard InChI is InChI=1S/C14H16FN3O2/c1-2-9-16-12(19)7-8-13-17-18-14(20-13)10-5-3-4-6-11(10)15/h3-6H,2,7-9H2,1H3,(H,16,19). The lowest BCUT2D eigenvalue weighted by Crippen LogP contribution is -2.24. The van der Waals surface area contributed by atoms with E-state index in [-0.39, 0.29) is 23.8 Å². The van der Waals surface area contributed by atoms with Gasteiger partial charge in [0, 0.05) is 19.4 Å². The maximum absolute atomic E-state index is 13.5. The zero-order valence-electron chi connectivity index (χ0n) is 11.2. The predicted octanol–water partition coefficient (Wildman–Crippen LogP) is 2.33. The van der Waals surface area contributed by atoms with Crippen molar-refractivity contribution in [3.8, 4) is 11.5 Å². The number of hydrogen-bond acceptors (Lipinski definition) is 4. The van der Waals surface area contributed by atoms with Crippen LogP contribution in [-0.4, -0.2) is 22.6 Å². The number of rotatable bonds is 6. The molecule has 0 fully saturated rings. The van der Waals surface area contributed by atoms with Gasteiger partial charge in [-0.3, -0.25) is 4.79 Å². The second kappa shape index (κ2) is 6.79. The molecule has 2 aromatic rings. The van der Waals surface area contributed by atoms with E-state index in [1.165, 1.54) is 6.07 Å². The van der Waals surface area contributed by atoms with Crippen LogP contribution < -0.4 is 5.32 Å². The Balaban J connectivity index is 1.96. The highest BCUT2D eigenvalue weighted by Crippen LogP contribution is 2.21. The van der Waals surface area contributed by atoms with Gasteiger partial charge in [0.2, 0.25) is 11.8 Å². The molecule has 1 amide bonds. The van der Waals surface area contributed by atoms with Crippen molar-refractivity contribution in [3.63, 3.8) is 0 Å². The van der Waals surface area contributed by atoms with Crippen LogP contribution in [0.2, 0.25) is 0 Å². The van der Waals surface area contributed by atoms with E-state index in [9.17, 15) is 9.18 Å². The van der Waals surface area contributed by atoms with E-state index in [0.29, 0.717) is 18.9 Å². The molecule has 5 nitrogen and oxygen atoms in total. The average Bonchev–Trinajstić information content (AvgIpc) is 2.92. The summed E-state index contributed by atoms with van der Waals surface area (Å²) in [5.74, 6) is -0.0113. The highest BCUT2D eigenvalue weighted by molar-refractivity contribution is 5.75. The Bertz CT molecular complexity index is 583. The summed E-state index contributed by atoms with van der Waals surface area (Å²) in [6.07, 6.45) is 1.51. The van der Waals surface area contributed by atoms with Crippen LogP contribution >= 0.6 is 0 Å². The van der Waals surface area contributed by atoms with Crippen LogP contribution in [0, 0.1) is 5.82 Å². The number of carbonyl (C=O) groups is 1. The van der Waals surface area contributed by atoms with Crippen LogP contribution in [0.4, 0.5) is 4.39 Å². The molecule has 0 spiro atoms. The van der Waals surface area contributed by atoms with Gasteiger partial charge >= 0.3 is 0 Å². The smallest absolute Gasteiger partial charge is 0.250 e. The molecule has 0 aliphatic rings. The maximum Gasteiger partial charge on any atom is 0.250 e. The minimum absolute atomic E-state index is 0.0579. The van der Waals surface area contributed by atoms with Crippen LogP contribution in [0.3, 0.4) is 0 Å². The quantitative estimate of drug-likeness (QED) is 0.880. The molecule has 0 radical (unpaired) electrons. The Hall–Kier alpha value is -2.24. The largest absolute Gasteiger partial charge is 0.421 e. The van der Waals surface area contributed by atoms with Crippen LogP contribution in [0.25, 0.3) is 11.5 Å². The van der Waals surface area contributed by atoms with Gasteiger partial charge in [0.25, 0.3) is 5.89 Å². The number of amides is 1. The lowest BCUT2D eigenvalue weighted by molar-refractivity contribution is -0.121. The van der Waals surface area contributed by atoms with Crippen molar-refractivity contribution in [3.05, 3.63) is 36.0 Å². The molecule has 6 heteroatoms. The summed E-state index contributed by atoms with van der Waals surface area (Å²) in [5, 5.41) is 10.4. The minimum atomic E-state index is -0.414. The van der Waals surface area contributed by atoms with E-state index in [1.807, 2.05) is 6.92 Å². The fraction of sp³-hybridized carbons (Fsp3) is 0.357. The van der Waals surface area contributed by atoms with Crippen molar-refractivity contribution in [2.45, 2.75) is 26.2 Å². The lowest BCUT2D eigenvalue weighted by atomic mass is 10.2. The second-order valence-electron chi connectivity index (χ2n) is 4.33. The van der Waals surface area contributed by atoms with Gasteiger partial charge in [-0.15, -0.1) is 10.2 Å². The molecule has 1 aromatic carbocycles. The van der Waals surface area contributed by atoms with Crippen molar-refractivity contribution in [1.29, 1.82) is 0 Å².